The number of carbonyl (C=O) groups is 1. The second kappa shape index (κ2) is 6.99. The Balaban J connectivity index is 2.45. The summed E-state index contributed by atoms with van der Waals surface area (Å²) in [4.78, 5) is 15.9. The van der Waals surface area contributed by atoms with Crippen LogP contribution in [0.25, 0.3) is 0 Å². The molecule has 18 heavy (non-hydrogen) atoms. The van der Waals surface area contributed by atoms with Crippen molar-refractivity contribution in [1.29, 1.82) is 0 Å². The molecule has 1 amide bonds. The monoisotopic (exact) mass is 249 g/mol. The predicted molar refractivity (Wildman–Crippen MR) is 75.7 cm³/mol. The van der Waals surface area contributed by atoms with Crippen molar-refractivity contribution < 1.29 is 4.79 Å². The van der Waals surface area contributed by atoms with Crippen LogP contribution in [-0.4, -0.2) is 16.9 Å². The van der Waals surface area contributed by atoms with Crippen LogP contribution in [0.1, 0.15) is 40.5 Å². The molecule has 1 aromatic rings. The lowest BCUT2D eigenvalue weighted by molar-refractivity contribution is -0.116. The number of hydrogen-bond donors (Lipinski definition) is 2. The molecular formula is C14H23N3O. The van der Waals surface area contributed by atoms with E-state index in [0.29, 0.717) is 18.4 Å². The molecule has 1 heterocycles. The highest BCUT2D eigenvalue weighted by molar-refractivity contribution is 5.90. The fourth-order valence-electron chi connectivity index (χ4n) is 1.49. The van der Waals surface area contributed by atoms with Crippen molar-refractivity contribution in [3.63, 3.8) is 0 Å². The fourth-order valence-corrected chi connectivity index (χ4v) is 1.49. The van der Waals surface area contributed by atoms with Crippen LogP contribution < -0.4 is 10.6 Å². The Kier molecular flexibility index (Phi) is 5.62. The zero-order valence-corrected chi connectivity index (χ0v) is 11.7. The summed E-state index contributed by atoms with van der Waals surface area (Å²) < 4.78 is 0. The van der Waals surface area contributed by atoms with Gasteiger partial charge in [-0.3, -0.25) is 4.79 Å². The third-order valence-corrected chi connectivity index (χ3v) is 2.43. The highest BCUT2D eigenvalue weighted by atomic mass is 16.1. The molecule has 0 fully saturated rings. The molecular weight excluding hydrogens is 226 g/mol. The molecule has 1 aromatic heterocycles. The van der Waals surface area contributed by atoms with E-state index in [1.807, 2.05) is 12.1 Å². The number of nitrogens with zero attached hydrogens (tertiary/aromatic N) is 1. The molecule has 0 aliphatic heterocycles. The maximum absolute atomic E-state index is 11.6. The number of carbonyl (C=O) groups excluding carboxylic acids is 1. The van der Waals surface area contributed by atoms with Gasteiger partial charge in [-0.25, -0.2) is 4.98 Å². The smallest absolute Gasteiger partial charge is 0.224 e. The second-order valence-electron chi connectivity index (χ2n) is 5.21. The molecule has 2 N–H and O–H groups in total. The lowest BCUT2D eigenvalue weighted by Gasteiger charge is -2.10. The van der Waals surface area contributed by atoms with Gasteiger partial charge in [-0.2, -0.15) is 0 Å². The Morgan fingerprint density at radius 1 is 1.28 bits per heavy atom. The summed E-state index contributed by atoms with van der Waals surface area (Å²) in [5.41, 5.74) is 0.748. The number of nitrogens with one attached hydrogen (secondary N) is 2. The molecule has 0 bridgehead atoms. The molecule has 100 valence electrons. The molecule has 0 atom stereocenters. The van der Waals surface area contributed by atoms with Gasteiger partial charge in [0.15, 0.2) is 0 Å². The minimum atomic E-state index is 0.0510. The van der Waals surface area contributed by atoms with E-state index < -0.39 is 0 Å². The van der Waals surface area contributed by atoms with Crippen LogP contribution in [0.3, 0.4) is 0 Å². The van der Waals surface area contributed by atoms with Gasteiger partial charge in [0.1, 0.15) is 5.82 Å². The maximum Gasteiger partial charge on any atom is 0.224 e. The van der Waals surface area contributed by atoms with Crippen LogP contribution >= 0.6 is 0 Å². The van der Waals surface area contributed by atoms with Crippen LogP contribution in [0.5, 0.6) is 0 Å². The zero-order chi connectivity index (χ0) is 13.5. The van der Waals surface area contributed by atoms with Crippen molar-refractivity contribution in [2.75, 3.05) is 10.6 Å². The standard InChI is InChI=1S/C14H23N3O/c1-10(2)5-8-14(18)17-12-6-7-13(15-9-12)16-11(3)4/h6-7,9-11H,5,8H2,1-4H3,(H,15,16)(H,17,18). The van der Waals surface area contributed by atoms with E-state index >= 15 is 0 Å². The third-order valence-electron chi connectivity index (χ3n) is 2.43. The van der Waals surface area contributed by atoms with Crippen molar-refractivity contribution in [2.45, 2.75) is 46.6 Å². The van der Waals surface area contributed by atoms with Crippen LogP contribution in [0.15, 0.2) is 18.3 Å². The highest BCUT2D eigenvalue weighted by Gasteiger charge is 2.04. The van der Waals surface area contributed by atoms with Gasteiger partial charge in [0, 0.05) is 12.5 Å². The lowest BCUT2D eigenvalue weighted by Crippen LogP contribution is -2.13. The van der Waals surface area contributed by atoms with E-state index in [9.17, 15) is 4.79 Å². The second-order valence-corrected chi connectivity index (χ2v) is 5.21. The van der Waals surface area contributed by atoms with Crippen molar-refractivity contribution in [1.82, 2.24) is 4.98 Å². The van der Waals surface area contributed by atoms with Crippen LogP contribution in [-0.2, 0) is 4.79 Å². The first-order chi connectivity index (χ1) is 8.47. The number of rotatable bonds is 6. The molecule has 0 spiro atoms. The number of pyridine rings is 1. The predicted octanol–water partition coefficient (Wildman–Crippen LogP) is 3.28. The van der Waals surface area contributed by atoms with Gasteiger partial charge in [-0.05, 0) is 38.3 Å². The fraction of sp³-hybridized carbons (Fsp3) is 0.571. The molecule has 0 saturated carbocycles. The lowest BCUT2D eigenvalue weighted by atomic mass is 10.1. The van der Waals surface area contributed by atoms with E-state index in [-0.39, 0.29) is 5.91 Å². The van der Waals surface area contributed by atoms with E-state index in [1.54, 1.807) is 6.20 Å². The normalized spacial score (nSPS) is 10.8. The molecule has 4 nitrogen and oxygen atoms in total. The Morgan fingerprint density at radius 3 is 2.50 bits per heavy atom. The summed E-state index contributed by atoms with van der Waals surface area (Å²) in [6.45, 7) is 8.34. The first-order valence-corrected chi connectivity index (χ1v) is 6.50. The Labute approximate surface area is 109 Å². The minimum absolute atomic E-state index is 0.0510. The zero-order valence-electron chi connectivity index (χ0n) is 11.7. The molecule has 0 aliphatic rings. The number of amides is 1. The summed E-state index contributed by atoms with van der Waals surface area (Å²) >= 11 is 0. The average molecular weight is 249 g/mol. The molecule has 4 heteroatoms. The first kappa shape index (κ1) is 14.5. The van der Waals surface area contributed by atoms with Crippen LogP contribution in [0.4, 0.5) is 11.5 Å². The van der Waals surface area contributed by atoms with Crippen molar-refractivity contribution in [2.24, 2.45) is 5.92 Å². The SMILES string of the molecule is CC(C)CCC(=O)Nc1ccc(NC(C)C)nc1. The number of hydrogen-bond acceptors (Lipinski definition) is 3. The van der Waals surface area contributed by atoms with Crippen molar-refractivity contribution in [3.8, 4) is 0 Å². The minimum Gasteiger partial charge on any atom is -0.368 e. The van der Waals surface area contributed by atoms with E-state index in [1.165, 1.54) is 0 Å². The van der Waals surface area contributed by atoms with Crippen LogP contribution in [0.2, 0.25) is 0 Å². The van der Waals surface area contributed by atoms with Crippen molar-refractivity contribution in [3.05, 3.63) is 18.3 Å². The summed E-state index contributed by atoms with van der Waals surface area (Å²) in [6, 6.07) is 4.09. The Bertz CT molecular complexity index is 371. The van der Waals surface area contributed by atoms with Crippen LogP contribution in [0, 0.1) is 5.92 Å². The Morgan fingerprint density at radius 2 is 2.00 bits per heavy atom. The maximum atomic E-state index is 11.6. The summed E-state index contributed by atoms with van der Waals surface area (Å²) in [5.74, 6) is 1.42. The molecule has 0 radical (unpaired) electrons. The van der Waals surface area contributed by atoms with Gasteiger partial charge in [0.2, 0.25) is 5.91 Å². The third kappa shape index (κ3) is 5.66. The van der Waals surface area contributed by atoms with Gasteiger partial charge in [-0.15, -0.1) is 0 Å². The summed E-state index contributed by atoms with van der Waals surface area (Å²) in [6.07, 6.45) is 3.15. The summed E-state index contributed by atoms with van der Waals surface area (Å²) in [5, 5.41) is 6.05. The van der Waals surface area contributed by atoms with Gasteiger partial charge in [-0.1, -0.05) is 13.8 Å². The summed E-state index contributed by atoms with van der Waals surface area (Å²) in [7, 11) is 0. The highest BCUT2D eigenvalue weighted by Crippen LogP contribution is 2.12. The Hall–Kier alpha value is -1.58. The molecule has 0 aliphatic carbocycles. The quantitative estimate of drug-likeness (QED) is 0.813. The molecule has 0 saturated heterocycles. The number of aromatic nitrogens is 1. The first-order valence-electron chi connectivity index (χ1n) is 6.50. The van der Waals surface area contributed by atoms with Gasteiger partial charge >= 0.3 is 0 Å². The molecule has 0 aromatic carbocycles. The van der Waals surface area contributed by atoms with Gasteiger partial charge < -0.3 is 10.6 Å². The largest absolute Gasteiger partial charge is 0.368 e. The van der Waals surface area contributed by atoms with Gasteiger partial charge in [0.05, 0.1) is 11.9 Å². The number of anilines is 2. The van der Waals surface area contributed by atoms with Gasteiger partial charge in [0.25, 0.3) is 0 Å². The van der Waals surface area contributed by atoms with E-state index in [2.05, 4.69) is 43.3 Å². The topological polar surface area (TPSA) is 54.0 Å². The van der Waals surface area contributed by atoms with E-state index in [0.717, 1.165) is 17.9 Å². The van der Waals surface area contributed by atoms with E-state index in [4.69, 9.17) is 0 Å². The average Bonchev–Trinajstić information content (AvgIpc) is 2.28. The van der Waals surface area contributed by atoms with Crippen molar-refractivity contribution >= 4 is 17.4 Å². The molecule has 0 unspecified atom stereocenters. The molecule has 1 rings (SSSR count).